The Labute approximate surface area is 193 Å². The first-order valence-corrected chi connectivity index (χ1v) is 13.3. The molecule has 172 valence electrons. The summed E-state index contributed by atoms with van der Waals surface area (Å²) in [5, 5.41) is 5.57. The number of carbonyl (C=O) groups is 2. The van der Waals surface area contributed by atoms with Gasteiger partial charge in [0.05, 0.1) is 10.8 Å². The van der Waals surface area contributed by atoms with E-state index in [2.05, 4.69) is 15.6 Å². The van der Waals surface area contributed by atoms with Crippen LogP contribution in [0.2, 0.25) is 0 Å². The Hall–Kier alpha value is -2.43. The largest absolute Gasteiger partial charge is 0.344 e. The van der Waals surface area contributed by atoms with Crippen molar-refractivity contribution < 1.29 is 18.0 Å². The average Bonchev–Trinajstić information content (AvgIpc) is 2.82. The number of sulfonamides is 1. The number of hydrogen-bond donors (Lipinski definition) is 2. The SMILES string of the molecule is CSCCC(NC(=O)C1CCCN(S(=O)(=O)c2ccccc2)C1)C(=O)Nc1ccccn1. The Bertz CT molecular complexity index is 1000. The van der Waals surface area contributed by atoms with Crippen LogP contribution in [0.25, 0.3) is 0 Å². The molecule has 0 spiro atoms. The molecule has 2 unspecified atom stereocenters. The highest BCUT2D eigenvalue weighted by Gasteiger charge is 2.34. The number of nitrogens with zero attached hydrogens (tertiary/aromatic N) is 2. The van der Waals surface area contributed by atoms with Gasteiger partial charge in [0.1, 0.15) is 11.9 Å². The third-order valence-corrected chi connectivity index (χ3v) is 7.82. The van der Waals surface area contributed by atoms with Gasteiger partial charge in [-0.25, -0.2) is 13.4 Å². The van der Waals surface area contributed by atoms with Gasteiger partial charge < -0.3 is 10.6 Å². The van der Waals surface area contributed by atoms with E-state index in [1.807, 2.05) is 6.26 Å². The summed E-state index contributed by atoms with van der Waals surface area (Å²) >= 11 is 1.58. The van der Waals surface area contributed by atoms with E-state index < -0.39 is 22.0 Å². The van der Waals surface area contributed by atoms with Gasteiger partial charge in [0.25, 0.3) is 0 Å². The minimum absolute atomic E-state index is 0.0974. The summed E-state index contributed by atoms with van der Waals surface area (Å²) < 4.78 is 27.3. The highest BCUT2D eigenvalue weighted by atomic mass is 32.2. The number of nitrogens with one attached hydrogen (secondary N) is 2. The Morgan fingerprint density at radius 1 is 1.19 bits per heavy atom. The van der Waals surface area contributed by atoms with E-state index in [1.54, 1.807) is 66.5 Å². The number of pyridine rings is 1. The monoisotopic (exact) mass is 476 g/mol. The van der Waals surface area contributed by atoms with Crippen molar-refractivity contribution >= 4 is 39.4 Å². The number of rotatable bonds is 9. The Morgan fingerprint density at radius 3 is 2.62 bits per heavy atom. The summed E-state index contributed by atoms with van der Waals surface area (Å²) in [7, 11) is -3.67. The second-order valence-electron chi connectivity index (χ2n) is 7.56. The van der Waals surface area contributed by atoms with Crippen molar-refractivity contribution in [3.8, 4) is 0 Å². The van der Waals surface area contributed by atoms with Gasteiger partial charge >= 0.3 is 0 Å². The molecule has 2 aromatic rings. The molecule has 0 aliphatic carbocycles. The van der Waals surface area contributed by atoms with Crippen molar-refractivity contribution in [2.75, 3.05) is 30.4 Å². The summed E-state index contributed by atoms with van der Waals surface area (Å²) in [6.07, 6.45) is 5.13. The van der Waals surface area contributed by atoms with Gasteiger partial charge in [-0.3, -0.25) is 9.59 Å². The fourth-order valence-electron chi connectivity index (χ4n) is 3.56. The topological polar surface area (TPSA) is 108 Å². The maximum absolute atomic E-state index is 13.0. The highest BCUT2D eigenvalue weighted by Crippen LogP contribution is 2.24. The number of aromatic nitrogens is 1. The molecule has 0 saturated carbocycles. The maximum atomic E-state index is 13.0. The molecule has 32 heavy (non-hydrogen) atoms. The van der Waals surface area contributed by atoms with E-state index in [-0.39, 0.29) is 23.3 Å². The smallest absolute Gasteiger partial charge is 0.248 e. The fraction of sp³-hybridized carbons (Fsp3) is 0.409. The third-order valence-electron chi connectivity index (χ3n) is 5.30. The van der Waals surface area contributed by atoms with Gasteiger partial charge in [-0.15, -0.1) is 0 Å². The molecular weight excluding hydrogens is 448 g/mol. The van der Waals surface area contributed by atoms with E-state index in [1.165, 1.54) is 4.31 Å². The van der Waals surface area contributed by atoms with Crippen LogP contribution in [0.4, 0.5) is 5.82 Å². The van der Waals surface area contributed by atoms with Crippen LogP contribution in [0.15, 0.2) is 59.6 Å². The van der Waals surface area contributed by atoms with Crippen LogP contribution < -0.4 is 10.6 Å². The molecule has 8 nitrogen and oxygen atoms in total. The van der Waals surface area contributed by atoms with Crippen LogP contribution in [-0.2, 0) is 19.6 Å². The molecule has 1 aromatic carbocycles. The van der Waals surface area contributed by atoms with Crippen LogP contribution in [0.1, 0.15) is 19.3 Å². The van der Waals surface area contributed by atoms with Gasteiger partial charge in [0.15, 0.2) is 0 Å². The Kier molecular flexibility index (Phi) is 8.66. The van der Waals surface area contributed by atoms with Crippen LogP contribution >= 0.6 is 11.8 Å². The van der Waals surface area contributed by atoms with Crippen molar-refractivity contribution in [2.24, 2.45) is 5.92 Å². The number of thioether (sulfide) groups is 1. The summed E-state index contributed by atoms with van der Waals surface area (Å²) in [6, 6.07) is 12.7. The molecule has 1 aromatic heterocycles. The van der Waals surface area contributed by atoms with E-state index in [0.717, 1.165) is 0 Å². The van der Waals surface area contributed by atoms with Crippen molar-refractivity contribution in [1.29, 1.82) is 0 Å². The zero-order chi connectivity index (χ0) is 23.0. The quantitative estimate of drug-likeness (QED) is 0.575. The number of benzene rings is 1. The van der Waals surface area contributed by atoms with Gasteiger partial charge in [0, 0.05) is 19.3 Å². The van der Waals surface area contributed by atoms with Crippen molar-refractivity contribution in [3.63, 3.8) is 0 Å². The fourth-order valence-corrected chi connectivity index (χ4v) is 5.58. The van der Waals surface area contributed by atoms with Gasteiger partial charge in [-0.1, -0.05) is 24.3 Å². The maximum Gasteiger partial charge on any atom is 0.248 e. The van der Waals surface area contributed by atoms with Crippen molar-refractivity contribution in [3.05, 3.63) is 54.7 Å². The first-order valence-electron chi connectivity index (χ1n) is 10.5. The van der Waals surface area contributed by atoms with Crippen LogP contribution in [0, 0.1) is 5.92 Å². The molecule has 1 fully saturated rings. The summed E-state index contributed by atoms with van der Waals surface area (Å²) in [6.45, 7) is 0.469. The van der Waals surface area contributed by atoms with Crippen molar-refractivity contribution in [2.45, 2.75) is 30.2 Å². The van der Waals surface area contributed by atoms with Gasteiger partial charge in [0.2, 0.25) is 21.8 Å². The second kappa shape index (κ2) is 11.4. The van der Waals surface area contributed by atoms with Gasteiger partial charge in [-0.2, -0.15) is 16.1 Å². The molecule has 1 aliphatic rings. The normalized spacial score (nSPS) is 18.0. The number of amides is 2. The number of hydrogen-bond acceptors (Lipinski definition) is 6. The minimum Gasteiger partial charge on any atom is -0.344 e. The van der Waals surface area contributed by atoms with E-state index >= 15 is 0 Å². The Morgan fingerprint density at radius 2 is 1.94 bits per heavy atom. The lowest BCUT2D eigenvalue weighted by Crippen LogP contribution is -2.50. The molecule has 0 radical (unpaired) electrons. The summed E-state index contributed by atoms with van der Waals surface area (Å²) in [5.74, 6) is -0.0454. The predicted octanol–water partition coefficient (Wildman–Crippen LogP) is 2.36. The summed E-state index contributed by atoms with van der Waals surface area (Å²) in [5.41, 5.74) is 0. The van der Waals surface area contributed by atoms with E-state index in [0.29, 0.717) is 37.4 Å². The van der Waals surface area contributed by atoms with E-state index in [4.69, 9.17) is 0 Å². The summed E-state index contributed by atoms with van der Waals surface area (Å²) in [4.78, 5) is 30.1. The van der Waals surface area contributed by atoms with Crippen LogP contribution in [0.5, 0.6) is 0 Å². The zero-order valence-corrected chi connectivity index (χ0v) is 19.6. The van der Waals surface area contributed by atoms with Crippen molar-refractivity contribution in [1.82, 2.24) is 14.6 Å². The zero-order valence-electron chi connectivity index (χ0n) is 17.9. The standard InChI is InChI=1S/C22H28N4O4S2/c1-31-15-12-19(22(28)25-20-11-5-6-13-23-20)24-21(27)17-8-7-14-26(16-17)32(29,30)18-9-3-2-4-10-18/h2-6,9-11,13,17,19H,7-8,12,14-16H2,1H3,(H,24,27)(H,23,25,28). The van der Waals surface area contributed by atoms with Gasteiger partial charge in [-0.05, 0) is 55.5 Å². The number of piperidine rings is 1. The molecule has 0 bridgehead atoms. The number of carbonyl (C=O) groups excluding carboxylic acids is 2. The van der Waals surface area contributed by atoms with E-state index in [9.17, 15) is 18.0 Å². The lowest BCUT2D eigenvalue weighted by molar-refractivity contribution is -0.130. The molecule has 10 heteroatoms. The van der Waals surface area contributed by atoms with Crippen LogP contribution in [0.3, 0.4) is 0 Å². The highest BCUT2D eigenvalue weighted by molar-refractivity contribution is 7.98. The number of anilines is 1. The Balaban J connectivity index is 1.66. The minimum atomic E-state index is -3.67. The lowest BCUT2D eigenvalue weighted by atomic mass is 9.98. The second-order valence-corrected chi connectivity index (χ2v) is 10.5. The molecule has 2 heterocycles. The molecule has 2 atom stereocenters. The molecule has 3 rings (SSSR count). The molecule has 1 saturated heterocycles. The van der Waals surface area contributed by atoms with Crippen LogP contribution in [-0.4, -0.2) is 60.7 Å². The average molecular weight is 477 g/mol. The predicted molar refractivity (Wildman–Crippen MR) is 126 cm³/mol. The molecule has 2 N–H and O–H groups in total. The third kappa shape index (κ3) is 6.30. The molecule has 1 aliphatic heterocycles. The lowest BCUT2D eigenvalue weighted by Gasteiger charge is -2.32. The first kappa shape index (κ1) is 24.2. The molecule has 2 amide bonds. The molecular formula is C22H28N4O4S2. The first-order chi connectivity index (χ1) is 15.4.